The Bertz CT molecular complexity index is 952. The molecular weight excluding hydrogens is 352 g/mol. The van der Waals surface area contributed by atoms with E-state index in [0.29, 0.717) is 5.92 Å². The zero-order chi connectivity index (χ0) is 17.9. The lowest BCUT2D eigenvalue weighted by Gasteiger charge is -2.27. The highest BCUT2D eigenvalue weighted by Crippen LogP contribution is 2.40. The van der Waals surface area contributed by atoms with Crippen LogP contribution >= 0.6 is 0 Å². The number of rotatable bonds is 4. The van der Waals surface area contributed by atoms with E-state index in [1.54, 1.807) is 6.20 Å². The van der Waals surface area contributed by atoms with Gasteiger partial charge in [0.1, 0.15) is 11.6 Å². The van der Waals surface area contributed by atoms with Crippen LogP contribution in [0, 0.1) is 5.92 Å². The SMILES string of the molecule is CC1C[C@@H](NS(=O)(=O)C2CCC2)C[C@H]1c1nnc2cnc3c(n12)CCN3. The van der Waals surface area contributed by atoms with Crippen molar-refractivity contribution in [2.45, 2.75) is 62.7 Å². The Hall–Kier alpha value is -1.74. The Kier molecular flexibility index (Phi) is 3.72. The first-order chi connectivity index (χ1) is 12.5. The predicted molar refractivity (Wildman–Crippen MR) is 97.6 cm³/mol. The van der Waals surface area contributed by atoms with Gasteiger partial charge in [0.2, 0.25) is 10.0 Å². The second kappa shape index (κ2) is 5.88. The number of nitrogens with one attached hydrogen (secondary N) is 2. The molecule has 9 heteroatoms. The zero-order valence-corrected chi connectivity index (χ0v) is 15.7. The average molecular weight is 376 g/mol. The molecule has 140 valence electrons. The molecule has 8 nitrogen and oxygen atoms in total. The Morgan fingerprint density at radius 2 is 2.12 bits per heavy atom. The molecule has 0 saturated heterocycles. The molecule has 2 saturated carbocycles. The Balaban J connectivity index is 1.43. The summed E-state index contributed by atoms with van der Waals surface area (Å²) in [5.41, 5.74) is 1.90. The first-order valence-electron chi connectivity index (χ1n) is 9.51. The molecule has 0 radical (unpaired) electrons. The Labute approximate surface area is 152 Å². The average Bonchev–Trinajstić information content (AvgIpc) is 3.21. The fourth-order valence-electron chi connectivity index (χ4n) is 4.60. The smallest absolute Gasteiger partial charge is 0.214 e. The van der Waals surface area contributed by atoms with Crippen LogP contribution in [0.2, 0.25) is 0 Å². The van der Waals surface area contributed by atoms with Gasteiger partial charge < -0.3 is 5.32 Å². The number of aromatic nitrogens is 4. The molecule has 26 heavy (non-hydrogen) atoms. The van der Waals surface area contributed by atoms with Gasteiger partial charge in [-0.05, 0) is 31.6 Å². The van der Waals surface area contributed by atoms with E-state index in [4.69, 9.17) is 0 Å². The molecule has 0 aromatic carbocycles. The van der Waals surface area contributed by atoms with E-state index >= 15 is 0 Å². The van der Waals surface area contributed by atoms with Crippen LogP contribution in [0.4, 0.5) is 5.82 Å². The third-order valence-corrected chi connectivity index (χ3v) is 8.27. The number of sulfonamides is 1. The van der Waals surface area contributed by atoms with Crippen molar-refractivity contribution in [2.24, 2.45) is 5.92 Å². The van der Waals surface area contributed by atoms with Crippen molar-refractivity contribution in [3.8, 4) is 0 Å². The van der Waals surface area contributed by atoms with Crippen LogP contribution in [-0.4, -0.2) is 45.8 Å². The van der Waals surface area contributed by atoms with Crippen LogP contribution in [0.5, 0.6) is 0 Å². The molecular formula is C17H24N6O2S. The molecule has 0 bridgehead atoms. The lowest BCUT2D eigenvalue weighted by Crippen LogP contribution is -2.42. The van der Waals surface area contributed by atoms with Crippen LogP contribution in [0.3, 0.4) is 0 Å². The van der Waals surface area contributed by atoms with E-state index in [2.05, 4.69) is 36.5 Å². The first-order valence-corrected chi connectivity index (χ1v) is 11.1. The molecule has 0 amide bonds. The van der Waals surface area contributed by atoms with Crippen molar-refractivity contribution < 1.29 is 8.42 Å². The minimum absolute atomic E-state index is 0.0130. The second-order valence-electron chi connectivity index (χ2n) is 7.95. The van der Waals surface area contributed by atoms with Gasteiger partial charge in [-0.1, -0.05) is 13.3 Å². The summed E-state index contributed by atoms with van der Waals surface area (Å²) in [4.78, 5) is 4.42. The molecule has 1 unspecified atom stereocenters. The molecule has 2 aliphatic carbocycles. The highest BCUT2D eigenvalue weighted by atomic mass is 32.2. The maximum Gasteiger partial charge on any atom is 0.214 e. The molecule has 3 aliphatic rings. The quantitative estimate of drug-likeness (QED) is 0.837. The number of hydrogen-bond donors (Lipinski definition) is 2. The van der Waals surface area contributed by atoms with Crippen molar-refractivity contribution >= 4 is 21.5 Å². The minimum atomic E-state index is -3.19. The third kappa shape index (κ3) is 2.51. The summed E-state index contributed by atoms with van der Waals surface area (Å²) in [5.74, 6) is 2.41. The van der Waals surface area contributed by atoms with Crippen LogP contribution in [0.1, 0.15) is 56.5 Å². The van der Waals surface area contributed by atoms with Gasteiger partial charge >= 0.3 is 0 Å². The van der Waals surface area contributed by atoms with Gasteiger partial charge in [0, 0.05) is 24.9 Å². The first kappa shape index (κ1) is 16.4. The Morgan fingerprint density at radius 3 is 2.88 bits per heavy atom. The molecule has 5 rings (SSSR count). The maximum absolute atomic E-state index is 12.5. The molecule has 3 heterocycles. The molecule has 2 aromatic rings. The summed E-state index contributed by atoms with van der Waals surface area (Å²) in [5, 5.41) is 11.9. The van der Waals surface area contributed by atoms with Gasteiger partial charge in [-0.25, -0.2) is 18.1 Å². The lowest BCUT2D eigenvalue weighted by atomic mass is 9.97. The van der Waals surface area contributed by atoms with Gasteiger partial charge in [-0.15, -0.1) is 10.2 Å². The topological polar surface area (TPSA) is 101 Å². The van der Waals surface area contributed by atoms with Crippen LogP contribution in [-0.2, 0) is 16.4 Å². The third-order valence-electron chi connectivity index (χ3n) is 6.25. The van der Waals surface area contributed by atoms with Crippen molar-refractivity contribution in [3.63, 3.8) is 0 Å². The number of fused-ring (bicyclic) bond motifs is 3. The van der Waals surface area contributed by atoms with Gasteiger partial charge in [-0.3, -0.25) is 4.40 Å². The van der Waals surface area contributed by atoms with Crippen LogP contribution in [0.25, 0.3) is 5.65 Å². The molecule has 0 spiro atoms. The monoisotopic (exact) mass is 376 g/mol. The molecule has 2 N–H and O–H groups in total. The highest BCUT2D eigenvalue weighted by Gasteiger charge is 2.40. The summed E-state index contributed by atoms with van der Waals surface area (Å²) in [6.07, 6.45) is 6.89. The number of anilines is 1. The fraction of sp³-hybridized carbons (Fsp3) is 0.706. The highest BCUT2D eigenvalue weighted by molar-refractivity contribution is 7.90. The van der Waals surface area contributed by atoms with E-state index < -0.39 is 10.0 Å². The van der Waals surface area contributed by atoms with Crippen LogP contribution < -0.4 is 10.0 Å². The van der Waals surface area contributed by atoms with E-state index in [0.717, 1.165) is 68.1 Å². The van der Waals surface area contributed by atoms with Crippen molar-refractivity contribution in [1.82, 2.24) is 24.3 Å². The minimum Gasteiger partial charge on any atom is -0.368 e. The summed E-state index contributed by atoms with van der Waals surface area (Å²) >= 11 is 0. The van der Waals surface area contributed by atoms with E-state index in [1.165, 1.54) is 0 Å². The van der Waals surface area contributed by atoms with Gasteiger partial charge in [0.05, 0.1) is 17.1 Å². The van der Waals surface area contributed by atoms with Gasteiger partial charge in [0.15, 0.2) is 5.65 Å². The molecule has 2 fully saturated rings. The summed E-state index contributed by atoms with van der Waals surface area (Å²) in [6.45, 7) is 3.06. The van der Waals surface area contributed by atoms with Crippen LogP contribution in [0.15, 0.2) is 6.20 Å². The normalized spacial score (nSPS) is 28.9. The number of nitrogens with zero attached hydrogens (tertiary/aromatic N) is 4. The molecule has 2 aromatic heterocycles. The van der Waals surface area contributed by atoms with E-state index in [1.807, 2.05) is 0 Å². The summed E-state index contributed by atoms with van der Waals surface area (Å²) < 4.78 is 30.0. The molecule has 3 atom stereocenters. The van der Waals surface area contributed by atoms with Crippen molar-refractivity contribution in [3.05, 3.63) is 17.7 Å². The van der Waals surface area contributed by atoms with Crippen molar-refractivity contribution in [2.75, 3.05) is 11.9 Å². The zero-order valence-electron chi connectivity index (χ0n) is 14.9. The lowest BCUT2D eigenvalue weighted by molar-refractivity contribution is 0.458. The van der Waals surface area contributed by atoms with Gasteiger partial charge in [-0.2, -0.15) is 0 Å². The maximum atomic E-state index is 12.5. The Morgan fingerprint density at radius 1 is 1.27 bits per heavy atom. The number of hydrogen-bond acceptors (Lipinski definition) is 6. The van der Waals surface area contributed by atoms with Crippen molar-refractivity contribution in [1.29, 1.82) is 0 Å². The van der Waals surface area contributed by atoms with E-state index in [-0.39, 0.29) is 17.2 Å². The standard InChI is InChI=1S/C17H24N6O2S/c1-10-7-11(22-26(24,25)12-3-2-4-12)8-13(10)17-21-20-15-9-19-16-14(23(15)17)5-6-18-16/h9-13,18,22H,2-8H2,1H3/t10?,11-,13-/m1/s1. The largest absolute Gasteiger partial charge is 0.368 e. The fourth-order valence-corrected chi connectivity index (χ4v) is 6.41. The molecule has 1 aliphatic heterocycles. The summed E-state index contributed by atoms with van der Waals surface area (Å²) in [6, 6.07) is -0.0130. The van der Waals surface area contributed by atoms with E-state index in [9.17, 15) is 8.42 Å². The van der Waals surface area contributed by atoms with Gasteiger partial charge in [0.25, 0.3) is 0 Å². The predicted octanol–water partition coefficient (Wildman–Crippen LogP) is 1.45. The second-order valence-corrected chi connectivity index (χ2v) is 9.94. The summed E-state index contributed by atoms with van der Waals surface area (Å²) in [7, 11) is -3.19.